The zero-order valence-corrected chi connectivity index (χ0v) is 18.5. The number of nitrogens with one attached hydrogen (secondary N) is 1. The number of amides is 1. The third-order valence-corrected chi connectivity index (χ3v) is 6.13. The van der Waals surface area contributed by atoms with Crippen LogP contribution in [0.4, 0.5) is 10.1 Å². The van der Waals surface area contributed by atoms with E-state index in [0.717, 1.165) is 35.2 Å². The Hall–Kier alpha value is -2.23. The quantitative estimate of drug-likeness (QED) is 0.483. The van der Waals surface area contributed by atoms with Crippen LogP contribution in [0.5, 0.6) is 0 Å². The number of halogens is 2. The number of nitrogens with zero attached hydrogens (tertiary/aromatic N) is 3. The van der Waals surface area contributed by atoms with E-state index in [2.05, 4.69) is 31.4 Å². The van der Waals surface area contributed by atoms with Crippen molar-refractivity contribution >= 4 is 39.3 Å². The molecule has 0 saturated carbocycles. The Morgan fingerprint density at radius 3 is 2.83 bits per heavy atom. The highest BCUT2D eigenvalue weighted by Crippen LogP contribution is 2.27. The molecule has 30 heavy (non-hydrogen) atoms. The van der Waals surface area contributed by atoms with Gasteiger partial charge in [0.25, 0.3) is 0 Å². The number of thioether (sulfide) groups is 1. The number of hydrogen-bond acceptors (Lipinski definition) is 5. The molecule has 1 aliphatic rings. The maximum absolute atomic E-state index is 13.3. The SMILES string of the molecule is O=C(CSc1nnc(-c2ccc(F)cc2)n1C[C@H]1CCCO1)Nc1cccc(Br)c1. The first kappa shape index (κ1) is 21.0. The second-order valence-corrected chi connectivity index (χ2v) is 8.76. The molecule has 0 bridgehead atoms. The first-order valence-corrected chi connectivity index (χ1v) is 11.4. The van der Waals surface area contributed by atoms with Crippen LogP contribution >= 0.6 is 27.7 Å². The van der Waals surface area contributed by atoms with Gasteiger partial charge in [-0.1, -0.05) is 33.8 Å². The minimum absolute atomic E-state index is 0.0787. The van der Waals surface area contributed by atoms with E-state index < -0.39 is 0 Å². The van der Waals surface area contributed by atoms with E-state index in [0.29, 0.717) is 17.5 Å². The van der Waals surface area contributed by atoms with Gasteiger partial charge in [0.2, 0.25) is 5.91 Å². The van der Waals surface area contributed by atoms with Crippen molar-refractivity contribution in [3.63, 3.8) is 0 Å². The van der Waals surface area contributed by atoms with Gasteiger partial charge in [-0.05, 0) is 55.3 Å². The maximum atomic E-state index is 13.3. The molecule has 4 rings (SSSR count). The summed E-state index contributed by atoms with van der Waals surface area (Å²) in [7, 11) is 0. The molecule has 0 spiro atoms. The largest absolute Gasteiger partial charge is 0.376 e. The predicted octanol–water partition coefficient (Wildman–Crippen LogP) is 4.76. The average molecular weight is 491 g/mol. The number of anilines is 1. The van der Waals surface area contributed by atoms with E-state index in [-0.39, 0.29) is 23.6 Å². The summed E-state index contributed by atoms with van der Waals surface area (Å²) in [5.41, 5.74) is 1.50. The first-order chi connectivity index (χ1) is 14.6. The lowest BCUT2D eigenvalue weighted by Gasteiger charge is -2.14. The molecule has 0 radical (unpaired) electrons. The fourth-order valence-electron chi connectivity index (χ4n) is 3.26. The zero-order valence-electron chi connectivity index (χ0n) is 16.1. The number of carbonyl (C=O) groups is 1. The number of benzene rings is 2. The second-order valence-electron chi connectivity index (χ2n) is 6.91. The topological polar surface area (TPSA) is 69.0 Å². The Morgan fingerprint density at radius 1 is 1.27 bits per heavy atom. The molecule has 9 heteroatoms. The van der Waals surface area contributed by atoms with Gasteiger partial charge >= 0.3 is 0 Å². The monoisotopic (exact) mass is 490 g/mol. The van der Waals surface area contributed by atoms with Crippen molar-refractivity contribution in [1.82, 2.24) is 14.8 Å². The van der Waals surface area contributed by atoms with Crippen LogP contribution in [0, 0.1) is 5.82 Å². The smallest absolute Gasteiger partial charge is 0.234 e. The predicted molar refractivity (Wildman–Crippen MR) is 118 cm³/mol. The fraction of sp³-hybridized carbons (Fsp3) is 0.286. The Morgan fingerprint density at radius 2 is 2.10 bits per heavy atom. The molecule has 6 nitrogen and oxygen atoms in total. The van der Waals surface area contributed by atoms with Crippen LogP contribution < -0.4 is 5.32 Å². The van der Waals surface area contributed by atoms with Crippen LogP contribution in [0.2, 0.25) is 0 Å². The van der Waals surface area contributed by atoms with Gasteiger partial charge in [-0.15, -0.1) is 10.2 Å². The molecular formula is C21H20BrFN4O2S. The van der Waals surface area contributed by atoms with Crippen LogP contribution in [0.3, 0.4) is 0 Å². The van der Waals surface area contributed by atoms with Crippen LogP contribution in [0.1, 0.15) is 12.8 Å². The Bertz CT molecular complexity index is 1020. The Balaban J connectivity index is 1.50. The highest BCUT2D eigenvalue weighted by atomic mass is 79.9. The molecule has 3 aromatic rings. The summed E-state index contributed by atoms with van der Waals surface area (Å²) >= 11 is 4.71. The van der Waals surface area contributed by atoms with Crippen LogP contribution in [-0.4, -0.2) is 39.1 Å². The van der Waals surface area contributed by atoms with Crippen molar-refractivity contribution < 1.29 is 13.9 Å². The third-order valence-electron chi connectivity index (χ3n) is 4.67. The van der Waals surface area contributed by atoms with Crippen molar-refractivity contribution in [3.05, 3.63) is 58.8 Å². The van der Waals surface area contributed by atoms with E-state index in [1.54, 1.807) is 12.1 Å². The molecule has 0 aliphatic carbocycles. The van der Waals surface area contributed by atoms with Crippen molar-refractivity contribution in [3.8, 4) is 11.4 Å². The van der Waals surface area contributed by atoms with Gasteiger partial charge < -0.3 is 10.1 Å². The molecular weight excluding hydrogens is 471 g/mol. The molecule has 156 valence electrons. The summed E-state index contributed by atoms with van der Waals surface area (Å²) in [6.07, 6.45) is 2.07. The number of aromatic nitrogens is 3. The number of ether oxygens (including phenoxy) is 1. The molecule has 1 N–H and O–H groups in total. The fourth-order valence-corrected chi connectivity index (χ4v) is 4.40. The van der Waals surface area contributed by atoms with E-state index in [1.807, 2.05) is 28.8 Å². The van der Waals surface area contributed by atoms with Crippen LogP contribution in [-0.2, 0) is 16.1 Å². The van der Waals surface area contributed by atoms with Gasteiger partial charge in [-0.2, -0.15) is 0 Å². The van der Waals surface area contributed by atoms with Crippen molar-refractivity contribution in [1.29, 1.82) is 0 Å². The van der Waals surface area contributed by atoms with E-state index in [1.165, 1.54) is 23.9 Å². The Labute approximate surface area is 186 Å². The maximum Gasteiger partial charge on any atom is 0.234 e. The standard InChI is InChI=1S/C21H20BrFN4O2S/c22-15-3-1-4-17(11-15)24-19(28)13-30-21-26-25-20(14-6-8-16(23)9-7-14)27(21)12-18-5-2-10-29-18/h1,3-4,6-9,11,18H,2,5,10,12-13H2,(H,24,28)/t18-/m1/s1. The minimum Gasteiger partial charge on any atom is -0.376 e. The van der Waals surface area contributed by atoms with Crippen LogP contribution in [0.25, 0.3) is 11.4 Å². The summed E-state index contributed by atoms with van der Waals surface area (Å²) < 4.78 is 22.0. The lowest BCUT2D eigenvalue weighted by Crippen LogP contribution is -2.18. The number of carbonyl (C=O) groups excluding carboxylic acids is 1. The normalized spacial score (nSPS) is 16.0. The summed E-state index contributed by atoms with van der Waals surface area (Å²) in [6, 6.07) is 13.6. The van der Waals surface area contributed by atoms with Gasteiger partial charge in [0.15, 0.2) is 11.0 Å². The molecule has 1 atom stereocenters. The zero-order chi connectivity index (χ0) is 20.9. The number of hydrogen-bond donors (Lipinski definition) is 1. The van der Waals surface area contributed by atoms with Crippen molar-refractivity contribution in [2.45, 2.75) is 30.6 Å². The summed E-state index contributed by atoms with van der Waals surface area (Å²) in [6.45, 7) is 1.34. The molecule has 1 saturated heterocycles. The van der Waals surface area contributed by atoms with E-state index >= 15 is 0 Å². The van der Waals surface area contributed by atoms with E-state index in [9.17, 15) is 9.18 Å². The van der Waals surface area contributed by atoms with Crippen molar-refractivity contribution in [2.75, 3.05) is 17.7 Å². The van der Waals surface area contributed by atoms with Gasteiger partial charge in [0.1, 0.15) is 5.82 Å². The first-order valence-electron chi connectivity index (χ1n) is 9.57. The van der Waals surface area contributed by atoms with Gasteiger partial charge in [-0.3, -0.25) is 9.36 Å². The van der Waals surface area contributed by atoms with E-state index in [4.69, 9.17) is 4.74 Å². The molecule has 1 fully saturated rings. The van der Waals surface area contributed by atoms with Gasteiger partial charge in [0, 0.05) is 22.3 Å². The molecule has 1 amide bonds. The highest BCUT2D eigenvalue weighted by Gasteiger charge is 2.22. The van der Waals surface area contributed by atoms with Crippen molar-refractivity contribution in [2.24, 2.45) is 0 Å². The minimum atomic E-state index is -0.303. The third kappa shape index (κ3) is 5.27. The molecule has 0 unspecified atom stereocenters. The molecule has 2 heterocycles. The Kier molecular flexibility index (Phi) is 6.81. The van der Waals surface area contributed by atoms with Gasteiger partial charge in [0.05, 0.1) is 18.4 Å². The lowest BCUT2D eigenvalue weighted by atomic mass is 10.2. The molecule has 2 aromatic carbocycles. The molecule has 1 aromatic heterocycles. The molecule has 1 aliphatic heterocycles. The lowest BCUT2D eigenvalue weighted by molar-refractivity contribution is -0.113. The second kappa shape index (κ2) is 9.72. The highest BCUT2D eigenvalue weighted by molar-refractivity contribution is 9.10. The summed E-state index contributed by atoms with van der Waals surface area (Å²) in [5, 5.41) is 12.1. The summed E-state index contributed by atoms with van der Waals surface area (Å²) in [4.78, 5) is 12.4. The van der Waals surface area contributed by atoms with Gasteiger partial charge in [-0.25, -0.2) is 4.39 Å². The summed E-state index contributed by atoms with van der Waals surface area (Å²) in [5.74, 6) is 0.399. The number of rotatable bonds is 7. The average Bonchev–Trinajstić information content (AvgIpc) is 3.38. The van der Waals surface area contributed by atoms with Crippen LogP contribution in [0.15, 0.2) is 58.2 Å².